The van der Waals surface area contributed by atoms with Crippen molar-refractivity contribution in [3.05, 3.63) is 23.3 Å². The van der Waals surface area contributed by atoms with E-state index in [4.69, 9.17) is 0 Å². The normalized spacial score (nSPS) is 50.1. The Kier molecular flexibility index (Phi) is 5.24. The highest BCUT2D eigenvalue weighted by atomic mass is 19.4. The van der Waals surface area contributed by atoms with Crippen LogP contribution in [0.15, 0.2) is 23.3 Å². The first-order chi connectivity index (χ1) is 14.5. The Morgan fingerprint density at radius 3 is 2.29 bits per heavy atom. The summed E-state index contributed by atoms with van der Waals surface area (Å²) in [6.07, 6.45) is 9.17. The van der Waals surface area contributed by atoms with Crippen LogP contribution in [0.1, 0.15) is 85.0 Å². The van der Waals surface area contributed by atoms with E-state index in [1.807, 2.05) is 0 Å². The second-order valence-corrected chi connectivity index (χ2v) is 12.1. The van der Waals surface area contributed by atoms with Crippen LogP contribution in [0.4, 0.5) is 13.2 Å². The van der Waals surface area contributed by atoms with E-state index in [0.29, 0.717) is 55.3 Å². The summed E-state index contributed by atoms with van der Waals surface area (Å²) in [5, 5.41) is 10.3. The van der Waals surface area contributed by atoms with E-state index in [-0.39, 0.29) is 16.9 Å². The van der Waals surface area contributed by atoms with Crippen LogP contribution in [0.2, 0.25) is 0 Å². The van der Waals surface area contributed by atoms with Gasteiger partial charge in [0.15, 0.2) is 0 Å². The lowest BCUT2D eigenvalue weighted by Crippen LogP contribution is -2.52. The zero-order valence-electron chi connectivity index (χ0n) is 19.3. The molecule has 7 atom stereocenters. The first-order valence-electron chi connectivity index (χ1n) is 12.7. The fourth-order valence-electron chi connectivity index (χ4n) is 8.97. The number of aliphatic hydroxyl groups is 1. The SMILES string of the molecule is CC1C=C2CC(O)CC[C@]2(C)[C@@H]2CC[C@]3(C)C(C4CCC(C(F)(F)F)CC4)=CC[C@H]3[C@H]12. The maximum Gasteiger partial charge on any atom is 0.391 e. The van der Waals surface area contributed by atoms with Crippen LogP contribution in [0.25, 0.3) is 0 Å². The number of hydrogen-bond donors (Lipinski definition) is 1. The van der Waals surface area contributed by atoms with Gasteiger partial charge >= 0.3 is 6.18 Å². The molecule has 5 aliphatic carbocycles. The lowest BCUT2D eigenvalue weighted by molar-refractivity contribution is -0.183. The molecule has 0 bridgehead atoms. The van der Waals surface area contributed by atoms with Gasteiger partial charge < -0.3 is 5.11 Å². The van der Waals surface area contributed by atoms with Gasteiger partial charge in [0, 0.05) is 0 Å². The molecule has 174 valence electrons. The second kappa shape index (κ2) is 7.37. The van der Waals surface area contributed by atoms with Crippen molar-refractivity contribution in [2.75, 3.05) is 0 Å². The van der Waals surface area contributed by atoms with Crippen LogP contribution < -0.4 is 0 Å². The molecule has 0 radical (unpaired) electrons. The van der Waals surface area contributed by atoms with Gasteiger partial charge in [-0.25, -0.2) is 0 Å². The van der Waals surface area contributed by atoms with Crippen molar-refractivity contribution in [2.24, 2.45) is 46.3 Å². The summed E-state index contributed by atoms with van der Waals surface area (Å²) in [6, 6.07) is 0. The fourth-order valence-corrected chi connectivity index (χ4v) is 8.97. The van der Waals surface area contributed by atoms with E-state index < -0.39 is 12.1 Å². The highest BCUT2D eigenvalue weighted by Crippen LogP contribution is 2.67. The van der Waals surface area contributed by atoms with Crippen molar-refractivity contribution >= 4 is 0 Å². The van der Waals surface area contributed by atoms with Crippen molar-refractivity contribution in [2.45, 2.75) is 97.3 Å². The number of halogens is 3. The van der Waals surface area contributed by atoms with Gasteiger partial charge in [-0.05, 0) is 105 Å². The summed E-state index contributed by atoms with van der Waals surface area (Å²) in [7, 11) is 0. The molecule has 0 aromatic carbocycles. The molecule has 0 spiro atoms. The van der Waals surface area contributed by atoms with Crippen LogP contribution in [-0.4, -0.2) is 17.4 Å². The first kappa shape index (κ1) is 22.0. The van der Waals surface area contributed by atoms with Gasteiger partial charge in [0.25, 0.3) is 0 Å². The number of hydrogen-bond acceptors (Lipinski definition) is 1. The maximum atomic E-state index is 13.2. The Balaban J connectivity index is 1.37. The Hall–Kier alpha value is -0.770. The van der Waals surface area contributed by atoms with E-state index >= 15 is 0 Å². The summed E-state index contributed by atoms with van der Waals surface area (Å²) in [6.45, 7) is 7.28. The van der Waals surface area contributed by atoms with Gasteiger partial charge in [-0.3, -0.25) is 0 Å². The van der Waals surface area contributed by atoms with E-state index in [0.717, 1.165) is 25.7 Å². The van der Waals surface area contributed by atoms with Crippen LogP contribution in [0.5, 0.6) is 0 Å². The standard InChI is InChI=1S/C27H39F3O/c1-16-14-19-15-20(31)10-12-25(19,2)23-11-13-26(3)21(8-9-22(26)24(16)23)17-4-6-18(7-5-17)27(28,29)30/h8,14,16-18,20,22-24,31H,4-7,9-13,15H2,1-3H3/t16?,17?,18?,20?,22-,23+,24-,25-,26+/m0/s1. The van der Waals surface area contributed by atoms with Crippen molar-refractivity contribution < 1.29 is 18.3 Å². The van der Waals surface area contributed by atoms with Crippen LogP contribution >= 0.6 is 0 Å². The number of fused-ring (bicyclic) bond motifs is 5. The summed E-state index contributed by atoms with van der Waals surface area (Å²) < 4.78 is 39.5. The summed E-state index contributed by atoms with van der Waals surface area (Å²) >= 11 is 0. The van der Waals surface area contributed by atoms with Crippen LogP contribution in [0, 0.1) is 46.3 Å². The molecule has 5 rings (SSSR count). The van der Waals surface area contributed by atoms with E-state index in [9.17, 15) is 18.3 Å². The summed E-state index contributed by atoms with van der Waals surface area (Å²) in [5.41, 5.74) is 3.41. The van der Waals surface area contributed by atoms with Crippen molar-refractivity contribution in [1.82, 2.24) is 0 Å². The largest absolute Gasteiger partial charge is 0.393 e. The monoisotopic (exact) mass is 436 g/mol. The second-order valence-electron chi connectivity index (χ2n) is 12.1. The van der Waals surface area contributed by atoms with Crippen molar-refractivity contribution in [3.63, 3.8) is 0 Å². The topological polar surface area (TPSA) is 20.2 Å². The van der Waals surface area contributed by atoms with Gasteiger partial charge in [-0.15, -0.1) is 0 Å². The van der Waals surface area contributed by atoms with Crippen molar-refractivity contribution in [1.29, 1.82) is 0 Å². The molecule has 0 aromatic heterocycles. The highest BCUT2D eigenvalue weighted by molar-refractivity contribution is 5.32. The van der Waals surface area contributed by atoms with Crippen molar-refractivity contribution in [3.8, 4) is 0 Å². The lowest BCUT2D eigenvalue weighted by atomic mass is 9.45. The lowest BCUT2D eigenvalue weighted by Gasteiger charge is -2.60. The van der Waals surface area contributed by atoms with E-state index in [1.165, 1.54) is 24.0 Å². The molecule has 4 heteroatoms. The predicted molar refractivity (Wildman–Crippen MR) is 117 cm³/mol. The zero-order valence-corrected chi connectivity index (χ0v) is 19.3. The summed E-state index contributed by atoms with van der Waals surface area (Å²) in [4.78, 5) is 0. The molecule has 0 amide bonds. The Morgan fingerprint density at radius 1 is 0.935 bits per heavy atom. The van der Waals surface area contributed by atoms with Gasteiger partial charge in [0.05, 0.1) is 12.0 Å². The molecule has 0 aliphatic heterocycles. The van der Waals surface area contributed by atoms with E-state index in [1.54, 1.807) is 0 Å². The predicted octanol–water partition coefficient (Wildman–Crippen LogP) is 7.46. The van der Waals surface area contributed by atoms with Gasteiger partial charge in [0.2, 0.25) is 0 Å². The van der Waals surface area contributed by atoms with Gasteiger partial charge in [0.1, 0.15) is 0 Å². The smallest absolute Gasteiger partial charge is 0.391 e. The molecule has 1 nitrogen and oxygen atoms in total. The summed E-state index contributed by atoms with van der Waals surface area (Å²) in [5.74, 6) is 1.75. The van der Waals surface area contributed by atoms with Gasteiger partial charge in [-0.2, -0.15) is 13.2 Å². The molecule has 3 saturated carbocycles. The molecule has 5 aliphatic rings. The molecule has 0 saturated heterocycles. The quantitative estimate of drug-likeness (QED) is 0.423. The Morgan fingerprint density at radius 2 is 1.61 bits per heavy atom. The first-order valence-corrected chi connectivity index (χ1v) is 12.7. The molecule has 0 heterocycles. The Labute approximate surface area is 185 Å². The van der Waals surface area contributed by atoms with Crippen LogP contribution in [-0.2, 0) is 0 Å². The molecular weight excluding hydrogens is 397 g/mol. The highest BCUT2D eigenvalue weighted by Gasteiger charge is 2.59. The van der Waals surface area contributed by atoms with Crippen LogP contribution in [0.3, 0.4) is 0 Å². The number of alkyl halides is 3. The number of rotatable bonds is 1. The average molecular weight is 437 g/mol. The number of aliphatic hydroxyl groups excluding tert-OH is 1. The third-order valence-electron chi connectivity index (χ3n) is 10.7. The third-order valence-corrected chi connectivity index (χ3v) is 10.7. The maximum absolute atomic E-state index is 13.2. The molecule has 2 unspecified atom stereocenters. The molecule has 31 heavy (non-hydrogen) atoms. The molecule has 1 N–H and O–H groups in total. The number of allylic oxidation sites excluding steroid dienone is 3. The molecule has 0 aromatic rings. The zero-order chi connectivity index (χ0) is 22.2. The minimum absolute atomic E-state index is 0.168. The fraction of sp³-hybridized carbons (Fsp3) is 0.852. The molecular formula is C27H39F3O. The minimum atomic E-state index is -4.02. The third kappa shape index (κ3) is 3.37. The van der Waals surface area contributed by atoms with Gasteiger partial charge in [-0.1, -0.05) is 44.1 Å². The molecule has 3 fully saturated rings. The average Bonchev–Trinajstić information content (AvgIpc) is 3.06. The Bertz CT molecular complexity index is 774. The van der Waals surface area contributed by atoms with E-state index in [2.05, 4.69) is 32.9 Å². The minimum Gasteiger partial charge on any atom is -0.393 e.